The van der Waals surface area contributed by atoms with Gasteiger partial charge in [-0.2, -0.15) is 0 Å². The van der Waals surface area contributed by atoms with E-state index in [9.17, 15) is 4.79 Å². The molecular weight excluding hydrogens is 302 g/mol. The maximum atomic E-state index is 11.9. The van der Waals surface area contributed by atoms with Gasteiger partial charge in [-0.25, -0.2) is 9.97 Å². The minimum absolute atomic E-state index is 0.0585. The predicted octanol–water partition coefficient (Wildman–Crippen LogP) is 0.397. The highest BCUT2D eigenvalue weighted by atomic mass is 32.1. The van der Waals surface area contributed by atoms with E-state index in [0.29, 0.717) is 11.7 Å². The lowest BCUT2D eigenvalue weighted by molar-refractivity contribution is -0.117. The molecule has 0 saturated carbocycles. The first-order chi connectivity index (χ1) is 10.7. The fraction of sp³-hybridized carbons (Fsp3) is 0.462. The summed E-state index contributed by atoms with van der Waals surface area (Å²) in [6.45, 7) is 5.58. The molecule has 0 atom stereocenters. The molecule has 0 aliphatic carbocycles. The maximum Gasteiger partial charge on any atom is 0.240 e. The monoisotopic (exact) mass is 319 g/mol. The van der Waals surface area contributed by atoms with E-state index in [1.165, 1.54) is 11.3 Å². The number of nitrogens with zero attached hydrogens (tertiary/aromatic N) is 6. The van der Waals surface area contributed by atoms with E-state index in [2.05, 4.69) is 35.3 Å². The van der Waals surface area contributed by atoms with E-state index < -0.39 is 0 Å². The van der Waals surface area contributed by atoms with Crippen LogP contribution in [0.2, 0.25) is 0 Å². The van der Waals surface area contributed by atoms with Crippen LogP contribution in [0.3, 0.4) is 0 Å². The largest absolute Gasteiger partial charge is 0.338 e. The number of hydrogen-bond donors (Lipinski definition) is 1. The topological polar surface area (TPSA) is 87.1 Å². The van der Waals surface area contributed by atoms with E-state index in [4.69, 9.17) is 0 Å². The third-order valence-corrected chi connectivity index (χ3v) is 4.00. The molecule has 1 aliphatic heterocycles. The molecule has 2 aromatic rings. The fourth-order valence-electron chi connectivity index (χ4n) is 2.24. The Morgan fingerprint density at radius 3 is 2.64 bits per heavy atom. The number of anilines is 2. The van der Waals surface area contributed by atoms with Crippen molar-refractivity contribution in [2.75, 3.05) is 42.9 Å². The van der Waals surface area contributed by atoms with Crippen molar-refractivity contribution in [2.24, 2.45) is 0 Å². The molecule has 9 heteroatoms. The number of aryl methyl sites for hydroxylation is 1. The first-order valence-electron chi connectivity index (χ1n) is 7.03. The molecular formula is C13H17N7OS. The van der Waals surface area contributed by atoms with E-state index in [0.717, 1.165) is 37.7 Å². The zero-order chi connectivity index (χ0) is 15.4. The molecule has 8 nitrogen and oxygen atoms in total. The highest BCUT2D eigenvalue weighted by Crippen LogP contribution is 2.11. The van der Waals surface area contributed by atoms with Crippen LogP contribution in [-0.2, 0) is 4.79 Å². The van der Waals surface area contributed by atoms with Gasteiger partial charge in [0.25, 0.3) is 0 Å². The Bertz CT molecular complexity index is 608. The third-order valence-electron chi connectivity index (χ3n) is 3.40. The SMILES string of the molecule is Cc1cnc(N2CCN(CC(=O)Nc3nncs3)CC2)nc1. The van der Waals surface area contributed by atoms with Crippen molar-refractivity contribution in [1.29, 1.82) is 0 Å². The molecule has 0 bridgehead atoms. The minimum atomic E-state index is -0.0585. The van der Waals surface area contributed by atoms with Gasteiger partial charge in [-0.3, -0.25) is 15.0 Å². The van der Waals surface area contributed by atoms with Crippen LogP contribution in [0.5, 0.6) is 0 Å². The van der Waals surface area contributed by atoms with Gasteiger partial charge in [0, 0.05) is 38.6 Å². The van der Waals surface area contributed by atoms with E-state index in [1.54, 1.807) is 5.51 Å². The van der Waals surface area contributed by atoms with Crippen molar-refractivity contribution in [3.05, 3.63) is 23.5 Å². The second kappa shape index (κ2) is 6.75. The fourth-order valence-corrected chi connectivity index (χ4v) is 2.71. The summed E-state index contributed by atoms with van der Waals surface area (Å²) >= 11 is 1.31. The Balaban J connectivity index is 1.47. The molecule has 0 radical (unpaired) electrons. The van der Waals surface area contributed by atoms with Gasteiger partial charge in [0.05, 0.1) is 6.54 Å². The van der Waals surface area contributed by atoms with Gasteiger partial charge in [0.2, 0.25) is 17.0 Å². The summed E-state index contributed by atoms with van der Waals surface area (Å²) in [6.07, 6.45) is 3.65. The van der Waals surface area contributed by atoms with Crippen LogP contribution in [0.4, 0.5) is 11.1 Å². The van der Waals surface area contributed by atoms with Crippen LogP contribution >= 0.6 is 11.3 Å². The van der Waals surface area contributed by atoms with Crippen molar-refractivity contribution in [3.63, 3.8) is 0 Å². The number of carbonyl (C=O) groups excluding carboxylic acids is 1. The molecule has 1 N–H and O–H groups in total. The van der Waals surface area contributed by atoms with Gasteiger partial charge in [-0.05, 0) is 12.5 Å². The van der Waals surface area contributed by atoms with Crippen LogP contribution in [0.1, 0.15) is 5.56 Å². The molecule has 1 amide bonds. The van der Waals surface area contributed by atoms with E-state index in [-0.39, 0.29) is 5.91 Å². The van der Waals surface area contributed by atoms with E-state index >= 15 is 0 Å². The highest BCUT2D eigenvalue weighted by Gasteiger charge is 2.20. The standard InChI is InChI=1S/C13H17N7OS/c1-10-6-14-12(15-7-10)20-4-2-19(3-5-20)8-11(21)17-13-18-16-9-22-13/h6-7,9H,2-5,8H2,1H3,(H,17,18,21). The molecule has 1 saturated heterocycles. The zero-order valence-electron chi connectivity index (χ0n) is 12.3. The Hall–Kier alpha value is -2.13. The van der Waals surface area contributed by atoms with Gasteiger partial charge >= 0.3 is 0 Å². The Labute approximate surface area is 132 Å². The number of nitrogens with one attached hydrogen (secondary N) is 1. The summed E-state index contributed by atoms with van der Waals surface area (Å²) in [4.78, 5) is 24.8. The second-order valence-electron chi connectivity index (χ2n) is 5.12. The van der Waals surface area contributed by atoms with Gasteiger partial charge in [0.1, 0.15) is 5.51 Å². The normalized spacial score (nSPS) is 15.8. The Morgan fingerprint density at radius 1 is 1.27 bits per heavy atom. The number of hydrogen-bond acceptors (Lipinski definition) is 8. The minimum Gasteiger partial charge on any atom is -0.338 e. The zero-order valence-corrected chi connectivity index (χ0v) is 13.1. The molecule has 1 fully saturated rings. The Kier molecular flexibility index (Phi) is 4.54. The lowest BCUT2D eigenvalue weighted by atomic mass is 10.3. The van der Waals surface area contributed by atoms with E-state index in [1.807, 2.05) is 19.3 Å². The van der Waals surface area contributed by atoms with Crippen LogP contribution in [0.15, 0.2) is 17.9 Å². The molecule has 0 unspecified atom stereocenters. The first kappa shape index (κ1) is 14.8. The first-order valence-corrected chi connectivity index (χ1v) is 7.90. The van der Waals surface area contributed by atoms with Gasteiger partial charge in [0.15, 0.2) is 0 Å². The molecule has 116 valence electrons. The number of rotatable bonds is 4. The molecule has 3 rings (SSSR count). The van der Waals surface area contributed by atoms with Crippen molar-refractivity contribution in [1.82, 2.24) is 25.1 Å². The summed E-state index contributed by atoms with van der Waals surface area (Å²) in [6, 6.07) is 0. The smallest absolute Gasteiger partial charge is 0.240 e. The molecule has 0 spiro atoms. The van der Waals surface area contributed by atoms with Crippen LogP contribution in [0, 0.1) is 6.92 Å². The third kappa shape index (κ3) is 3.74. The number of piperazine rings is 1. The summed E-state index contributed by atoms with van der Waals surface area (Å²) in [7, 11) is 0. The molecule has 0 aromatic carbocycles. The average Bonchev–Trinajstić information content (AvgIpc) is 3.02. The summed E-state index contributed by atoms with van der Waals surface area (Å²) in [5, 5.41) is 10.8. The van der Waals surface area contributed by atoms with Crippen LogP contribution in [0.25, 0.3) is 0 Å². The second-order valence-corrected chi connectivity index (χ2v) is 5.95. The van der Waals surface area contributed by atoms with Crippen molar-refractivity contribution < 1.29 is 4.79 Å². The lowest BCUT2D eigenvalue weighted by Crippen LogP contribution is -2.49. The average molecular weight is 319 g/mol. The maximum absolute atomic E-state index is 11.9. The number of aromatic nitrogens is 4. The highest BCUT2D eigenvalue weighted by molar-refractivity contribution is 7.13. The quantitative estimate of drug-likeness (QED) is 0.872. The van der Waals surface area contributed by atoms with Crippen molar-refractivity contribution in [2.45, 2.75) is 6.92 Å². The van der Waals surface area contributed by atoms with Crippen LogP contribution in [-0.4, -0.2) is 63.7 Å². The number of carbonyl (C=O) groups is 1. The number of amides is 1. The molecule has 2 aromatic heterocycles. The molecule has 22 heavy (non-hydrogen) atoms. The van der Waals surface area contributed by atoms with Gasteiger partial charge in [-0.15, -0.1) is 10.2 Å². The Morgan fingerprint density at radius 2 is 2.00 bits per heavy atom. The summed E-state index contributed by atoms with van der Waals surface area (Å²) in [5.41, 5.74) is 2.64. The van der Waals surface area contributed by atoms with Gasteiger partial charge < -0.3 is 4.90 Å². The molecule has 3 heterocycles. The molecule has 1 aliphatic rings. The van der Waals surface area contributed by atoms with Gasteiger partial charge in [-0.1, -0.05) is 11.3 Å². The lowest BCUT2D eigenvalue weighted by Gasteiger charge is -2.34. The van der Waals surface area contributed by atoms with Crippen molar-refractivity contribution >= 4 is 28.3 Å². The predicted molar refractivity (Wildman–Crippen MR) is 84.0 cm³/mol. The summed E-state index contributed by atoms with van der Waals surface area (Å²) in [5.74, 6) is 0.695. The van der Waals surface area contributed by atoms with Crippen LogP contribution < -0.4 is 10.2 Å². The van der Waals surface area contributed by atoms with Crippen molar-refractivity contribution in [3.8, 4) is 0 Å². The summed E-state index contributed by atoms with van der Waals surface area (Å²) < 4.78 is 0.